The van der Waals surface area contributed by atoms with Gasteiger partial charge >= 0.3 is 11.4 Å². The summed E-state index contributed by atoms with van der Waals surface area (Å²) in [5.74, 6) is -0.173. The van der Waals surface area contributed by atoms with E-state index in [9.17, 15) is 20.2 Å². The lowest BCUT2D eigenvalue weighted by molar-refractivity contribution is -0.423. The summed E-state index contributed by atoms with van der Waals surface area (Å²) >= 11 is 0. The Balaban J connectivity index is 2.91. The molecule has 0 unspecified atom stereocenters. The molecular formula is C18H28N2O6. The molecule has 0 bridgehead atoms. The normalized spacial score (nSPS) is 10.5. The SMILES string of the molecule is CCCCCCOc1ccc(OCCCCCC)c([N+](=O)[O-])c1[N+](=O)[O-]. The molecule has 0 spiro atoms. The van der Waals surface area contributed by atoms with Crippen LogP contribution >= 0.6 is 0 Å². The minimum absolute atomic E-state index is 0.0865. The maximum atomic E-state index is 11.4. The summed E-state index contributed by atoms with van der Waals surface area (Å²) in [4.78, 5) is 21.3. The molecule has 1 aromatic carbocycles. The molecular weight excluding hydrogens is 340 g/mol. The summed E-state index contributed by atoms with van der Waals surface area (Å²) < 4.78 is 10.9. The number of benzene rings is 1. The van der Waals surface area contributed by atoms with E-state index in [4.69, 9.17) is 9.47 Å². The molecule has 0 radical (unpaired) electrons. The molecule has 8 nitrogen and oxygen atoms in total. The first kappa shape index (κ1) is 21.7. The standard InChI is InChI=1S/C18H28N2O6/c1-3-5-7-9-13-25-15-11-12-16(26-14-10-8-6-4-2)18(20(23)24)17(15)19(21)22/h11-12H,3-10,13-14H2,1-2H3. The van der Waals surface area contributed by atoms with Crippen LogP contribution in [0.1, 0.15) is 65.2 Å². The van der Waals surface area contributed by atoms with Gasteiger partial charge in [0.05, 0.1) is 23.1 Å². The molecule has 8 heteroatoms. The summed E-state index contributed by atoms with van der Waals surface area (Å²) in [5.41, 5.74) is -1.28. The molecule has 0 aliphatic heterocycles. The highest BCUT2D eigenvalue weighted by Crippen LogP contribution is 2.43. The highest BCUT2D eigenvalue weighted by molar-refractivity contribution is 5.68. The summed E-state index contributed by atoms with van der Waals surface area (Å²) in [7, 11) is 0. The van der Waals surface area contributed by atoms with Crippen molar-refractivity contribution in [3.05, 3.63) is 32.4 Å². The van der Waals surface area contributed by atoms with Crippen LogP contribution in [0.5, 0.6) is 11.5 Å². The summed E-state index contributed by atoms with van der Waals surface area (Å²) in [5, 5.41) is 22.8. The molecule has 0 N–H and O–H groups in total. The quantitative estimate of drug-likeness (QED) is 0.246. The van der Waals surface area contributed by atoms with Gasteiger partial charge in [0.25, 0.3) is 0 Å². The number of ether oxygens (including phenoxy) is 2. The van der Waals surface area contributed by atoms with Crippen LogP contribution in [0.3, 0.4) is 0 Å². The van der Waals surface area contributed by atoms with Crippen molar-refractivity contribution in [1.29, 1.82) is 0 Å². The Morgan fingerprint density at radius 3 is 1.42 bits per heavy atom. The van der Waals surface area contributed by atoms with Crippen LogP contribution in [0.15, 0.2) is 12.1 Å². The van der Waals surface area contributed by atoms with Crippen molar-refractivity contribution in [2.24, 2.45) is 0 Å². The van der Waals surface area contributed by atoms with Crippen molar-refractivity contribution >= 4 is 11.4 Å². The van der Waals surface area contributed by atoms with E-state index in [2.05, 4.69) is 13.8 Å². The molecule has 0 aromatic heterocycles. The number of unbranched alkanes of at least 4 members (excludes halogenated alkanes) is 6. The Morgan fingerprint density at radius 1 is 0.731 bits per heavy atom. The summed E-state index contributed by atoms with van der Waals surface area (Å²) in [6.07, 6.45) is 7.62. The van der Waals surface area contributed by atoms with E-state index >= 15 is 0 Å². The highest BCUT2D eigenvalue weighted by atomic mass is 16.6. The van der Waals surface area contributed by atoms with Gasteiger partial charge < -0.3 is 9.47 Å². The smallest absolute Gasteiger partial charge is 0.391 e. The zero-order valence-corrected chi connectivity index (χ0v) is 15.6. The second-order valence-corrected chi connectivity index (χ2v) is 6.09. The molecule has 0 aliphatic rings. The van der Waals surface area contributed by atoms with Gasteiger partial charge in [-0.2, -0.15) is 0 Å². The molecule has 146 valence electrons. The Hall–Kier alpha value is -2.38. The minimum Gasteiger partial charge on any atom is -0.487 e. The number of hydrogen-bond donors (Lipinski definition) is 0. The Bertz CT molecular complexity index is 540. The van der Waals surface area contributed by atoms with Gasteiger partial charge in [0.2, 0.25) is 11.5 Å². The van der Waals surface area contributed by atoms with Crippen molar-refractivity contribution < 1.29 is 19.3 Å². The number of nitro groups is 2. The van der Waals surface area contributed by atoms with E-state index < -0.39 is 21.2 Å². The Labute approximate surface area is 153 Å². The van der Waals surface area contributed by atoms with Crippen molar-refractivity contribution in [1.82, 2.24) is 0 Å². The van der Waals surface area contributed by atoms with Gasteiger partial charge in [-0.05, 0) is 25.0 Å². The topological polar surface area (TPSA) is 105 Å². The van der Waals surface area contributed by atoms with Crippen LogP contribution in [0.2, 0.25) is 0 Å². The predicted octanol–water partition coefficient (Wildman–Crippen LogP) is 5.42. The molecule has 0 amide bonds. The molecule has 1 aromatic rings. The Morgan fingerprint density at radius 2 is 1.12 bits per heavy atom. The van der Waals surface area contributed by atoms with Gasteiger partial charge in [-0.15, -0.1) is 0 Å². The third-order valence-electron chi connectivity index (χ3n) is 3.95. The molecule has 26 heavy (non-hydrogen) atoms. The van der Waals surface area contributed by atoms with Crippen LogP contribution < -0.4 is 9.47 Å². The van der Waals surface area contributed by atoms with E-state index in [0.29, 0.717) is 0 Å². The fraction of sp³-hybridized carbons (Fsp3) is 0.667. The molecule has 0 saturated carbocycles. The van der Waals surface area contributed by atoms with Crippen LogP contribution in [-0.4, -0.2) is 23.1 Å². The maximum Gasteiger partial charge on any atom is 0.391 e. The van der Waals surface area contributed by atoms with Gasteiger partial charge in [0.1, 0.15) is 0 Å². The zero-order valence-electron chi connectivity index (χ0n) is 15.6. The lowest BCUT2D eigenvalue weighted by atomic mass is 10.2. The summed E-state index contributed by atoms with van der Waals surface area (Å²) in [6.45, 7) is 4.73. The first-order valence-corrected chi connectivity index (χ1v) is 9.24. The third-order valence-corrected chi connectivity index (χ3v) is 3.95. The minimum atomic E-state index is -0.774. The largest absolute Gasteiger partial charge is 0.487 e. The van der Waals surface area contributed by atoms with Gasteiger partial charge in [-0.25, -0.2) is 0 Å². The zero-order chi connectivity index (χ0) is 19.4. The molecule has 1 rings (SSSR count). The third kappa shape index (κ3) is 6.85. The average Bonchev–Trinajstić information content (AvgIpc) is 2.61. The predicted molar refractivity (Wildman–Crippen MR) is 99.0 cm³/mol. The maximum absolute atomic E-state index is 11.4. The van der Waals surface area contributed by atoms with Gasteiger partial charge in [0.15, 0.2) is 0 Å². The molecule has 0 heterocycles. The lowest BCUT2D eigenvalue weighted by Gasteiger charge is -2.10. The average molecular weight is 368 g/mol. The van der Waals surface area contributed by atoms with E-state index in [-0.39, 0.29) is 24.7 Å². The fourth-order valence-corrected chi connectivity index (χ4v) is 2.55. The van der Waals surface area contributed by atoms with Crippen molar-refractivity contribution in [2.45, 2.75) is 65.2 Å². The monoisotopic (exact) mass is 368 g/mol. The first-order valence-electron chi connectivity index (χ1n) is 9.24. The van der Waals surface area contributed by atoms with Crippen molar-refractivity contribution in [2.75, 3.05) is 13.2 Å². The number of rotatable bonds is 14. The Kier molecular flexibility index (Phi) is 10.0. The van der Waals surface area contributed by atoms with E-state index in [1.807, 2.05) is 0 Å². The van der Waals surface area contributed by atoms with E-state index in [1.165, 1.54) is 12.1 Å². The molecule has 0 saturated heterocycles. The fourth-order valence-electron chi connectivity index (χ4n) is 2.55. The van der Waals surface area contributed by atoms with Crippen molar-refractivity contribution in [3.8, 4) is 11.5 Å². The number of hydrogen-bond acceptors (Lipinski definition) is 6. The number of nitro benzene ring substituents is 2. The number of nitrogens with zero attached hydrogens (tertiary/aromatic N) is 2. The van der Waals surface area contributed by atoms with Crippen LogP contribution in [0, 0.1) is 20.2 Å². The van der Waals surface area contributed by atoms with Crippen LogP contribution in [0.25, 0.3) is 0 Å². The van der Waals surface area contributed by atoms with Crippen molar-refractivity contribution in [3.63, 3.8) is 0 Å². The lowest BCUT2D eigenvalue weighted by Crippen LogP contribution is -2.06. The van der Waals surface area contributed by atoms with E-state index in [0.717, 1.165) is 51.4 Å². The van der Waals surface area contributed by atoms with Crippen LogP contribution in [0.4, 0.5) is 11.4 Å². The second-order valence-electron chi connectivity index (χ2n) is 6.09. The highest BCUT2D eigenvalue weighted by Gasteiger charge is 2.35. The first-order chi connectivity index (χ1) is 12.5. The van der Waals surface area contributed by atoms with Gasteiger partial charge in [-0.1, -0.05) is 52.4 Å². The molecule has 0 fully saturated rings. The van der Waals surface area contributed by atoms with E-state index in [1.54, 1.807) is 0 Å². The molecule has 0 atom stereocenters. The van der Waals surface area contributed by atoms with Crippen LogP contribution in [-0.2, 0) is 0 Å². The van der Waals surface area contributed by atoms with Gasteiger partial charge in [0, 0.05) is 0 Å². The second kappa shape index (κ2) is 12.1. The van der Waals surface area contributed by atoms with Gasteiger partial charge in [-0.3, -0.25) is 20.2 Å². The summed E-state index contributed by atoms with van der Waals surface area (Å²) in [6, 6.07) is 2.76. The molecule has 0 aliphatic carbocycles.